The van der Waals surface area contributed by atoms with Crippen LogP contribution in [0.5, 0.6) is 0 Å². The van der Waals surface area contributed by atoms with Gasteiger partial charge in [-0.1, -0.05) is 0 Å². The molecule has 1 aliphatic rings. The summed E-state index contributed by atoms with van der Waals surface area (Å²) in [5.41, 5.74) is -0.900. The van der Waals surface area contributed by atoms with Crippen molar-refractivity contribution >= 4 is 0 Å². The summed E-state index contributed by atoms with van der Waals surface area (Å²) in [5, 5.41) is 8.56. The van der Waals surface area contributed by atoms with E-state index in [9.17, 15) is 17.6 Å². The van der Waals surface area contributed by atoms with E-state index in [1.165, 1.54) is 0 Å². The van der Waals surface area contributed by atoms with Gasteiger partial charge in [0.25, 0.3) is 0 Å². The zero-order chi connectivity index (χ0) is 8.86. The molecule has 0 saturated carbocycles. The molecule has 0 aromatic rings. The molecule has 0 aromatic heterocycles. The lowest BCUT2D eigenvalue weighted by atomic mass is 9.86. The minimum atomic E-state index is -4.17. The van der Waals surface area contributed by atoms with E-state index in [0.717, 1.165) is 6.92 Å². The second kappa shape index (κ2) is 1.97. The van der Waals surface area contributed by atoms with Crippen LogP contribution in [0.25, 0.3) is 0 Å². The van der Waals surface area contributed by atoms with Crippen molar-refractivity contribution < 1.29 is 22.7 Å². The largest absolute Gasteiger partial charge is 0.389 e. The van der Waals surface area contributed by atoms with Crippen molar-refractivity contribution in [3.05, 3.63) is 11.6 Å². The maximum atomic E-state index is 12.3. The molecule has 1 unspecified atom stereocenters. The number of hydrogen-bond acceptors (Lipinski definition) is 1. The second-order valence-corrected chi connectivity index (χ2v) is 2.47. The first-order chi connectivity index (χ1) is 4.79. The molecule has 0 saturated heterocycles. The Morgan fingerprint density at radius 1 is 1.36 bits per heavy atom. The highest BCUT2D eigenvalue weighted by molar-refractivity contribution is 5.36. The van der Waals surface area contributed by atoms with Gasteiger partial charge < -0.3 is 5.11 Å². The number of aliphatic hydroxyl groups excluding tert-OH is 1. The fraction of sp³-hybridized carbons (Fsp3) is 0.667. The Morgan fingerprint density at radius 2 is 1.82 bits per heavy atom. The minimum absolute atomic E-state index is 0.0949. The lowest BCUT2D eigenvalue weighted by Crippen LogP contribution is -2.52. The summed E-state index contributed by atoms with van der Waals surface area (Å²) in [4.78, 5) is 0. The number of rotatable bonds is 1. The van der Waals surface area contributed by atoms with Crippen LogP contribution in [0.3, 0.4) is 0 Å². The Bertz CT molecular complexity index is 207. The van der Waals surface area contributed by atoms with Crippen molar-refractivity contribution in [3.8, 4) is 0 Å². The molecule has 0 heterocycles. The highest BCUT2D eigenvalue weighted by atomic mass is 19.3. The van der Waals surface area contributed by atoms with E-state index in [4.69, 9.17) is 5.11 Å². The smallest absolute Gasteiger partial charge is 0.337 e. The summed E-state index contributed by atoms with van der Waals surface area (Å²) in [6.45, 7) is 1.02. The lowest BCUT2D eigenvalue weighted by molar-refractivity contribution is -0.188. The molecule has 0 spiro atoms. The van der Waals surface area contributed by atoms with Crippen LogP contribution in [-0.2, 0) is 0 Å². The van der Waals surface area contributed by atoms with Gasteiger partial charge in [-0.2, -0.15) is 17.6 Å². The molecule has 1 N–H and O–H groups in total. The molecular formula is C6H6F4O. The summed E-state index contributed by atoms with van der Waals surface area (Å²) in [6.07, 6.45) is -1.41. The van der Waals surface area contributed by atoms with Crippen molar-refractivity contribution in [1.82, 2.24) is 0 Å². The molecule has 0 bridgehead atoms. The van der Waals surface area contributed by atoms with E-state index in [1.807, 2.05) is 0 Å². The maximum Gasteiger partial charge on any atom is 0.337 e. The maximum absolute atomic E-state index is 12.3. The number of allylic oxidation sites excluding steroid dienone is 1. The van der Waals surface area contributed by atoms with Gasteiger partial charge in [-0.05, 0) is 13.0 Å². The summed E-state index contributed by atoms with van der Waals surface area (Å²) in [7, 11) is 0. The van der Waals surface area contributed by atoms with Gasteiger partial charge >= 0.3 is 11.8 Å². The van der Waals surface area contributed by atoms with Crippen molar-refractivity contribution in [1.29, 1.82) is 0 Å². The third-order valence-corrected chi connectivity index (χ3v) is 1.57. The van der Waals surface area contributed by atoms with Gasteiger partial charge in [0.2, 0.25) is 0 Å². The summed E-state index contributed by atoms with van der Waals surface area (Å²) in [6, 6.07) is 0. The molecule has 1 nitrogen and oxygen atoms in total. The van der Waals surface area contributed by atoms with Gasteiger partial charge in [0.05, 0.1) is 6.10 Å². The van der Waals surface area contributed by atoms with Crippen molar-refractivity contribution in [2.75, 3.05) is 0 Å². The van der Waals surface area contributed by atoms with Crippen LogP contribution >= 0.6 is 0 Å². The molecule has 5 heteroatoms. The summed E-state index contributed by atoms with van der Waals surface area (Å²) >= 11 is 0. The quantitative estimate of drug-likeness (QED) is 0.468. The first-order valence-corrected chi connectivity index (χ1v) is 2.96. The van der Waals surface area contributed by atoms with Crippen LogP contribution in [0.15, 0.2) is 11.6 Å². The van der Waals surface area contributed by atoms with Crippen LogP contribution < -0.4 is 0 Å². The number of aliphatic hydroxyl groups is 1. The Hall–Kier alpha value is -0.580. The van der Waals surface area contributed by atoms with Crippen molar-refractivity contribution in [2.24, 2.45) is 0 Å². The monoisotopic (exact) mass is 170 g/mol. The van der Waals surface area contributed by atoms with Gasteiger partial charge in [0.15, 0.2) is 0 Å². The third kappa shape index (κ3) is 0.946. The first-order valence-electron chi connectivity index (χ1n) is 2.96. The Morgan fingerprint density at radius 3 is 1.91 bits per heavy atom. The summed E-state index contributed by atoms with van der Waals surface area (Å²) in [5.74, 6) is -8.25. The highest BCUT2D eigenvalue weighted by Crippen LogP contribution is 2.50. The molecular weight excluding hydrogens is 164 g/mol. The van der Waals surface area contributed by atoms with E-state index in [-0.39, 0.29) is 6.08 Å². The van der Waals surface area contributed by atoms with Crippen LogP contribution in [-0.4, -0.2) is 23.1 Å². The average molecular weight is 170 g/mol. The van der Waals surface area contributed by atoms with E-state index in [0.29, 0.717) is 0 Å². The average Bonchev–Trinajstić information content (AvgIpc) is 1.82. The first kappa shape index (κ1) is 8.52. The van der Waals surface area contributed by atoms with Crippen LogP contribution in [0.1, 0.15) is 6.92 Å². The van der Waals surface area contributed by atoms with Gasteiger partial charge in [-0.15, -0.1) is 0 Å². The number of halogens is 4. The van der Waals surface area contributed by atoms with E-state index in [2.05, 4.69) is 0 Å². The molecule has 1 aliphatic carbocycles. The van der Waals surface area contributed by atoms with Gasteiger partial charge in [0, 0.05) is 5.57 Å². The Labute approximate surface area is 60.3 Å². The minimum Gasteiger partial charge on any atom is -0.389 e. The zero-order valence-corrected chi connectivity index (χ0v) is 5.61. The van der Waals surface area contributed by atoms with Gasteiger partial charge in [-0.3, -0.25) is 0 Å². The number of hydrogen-bond donors (Lipinski definition) is 1. The second-order valence-electron chi connectivity index (χ2n) is 2.47. The molecule has 0 aromatic carbocycles. The zero-order valence-electron chi connectivity index (χ0n) is 5.61. The molecule has 0 amide bonds. The number of alkyl halides is 4. The van der Waals surface area contributed by atoms with E-state index >= 15 is 0 Å². The van der Waals surface area contributed by atoms with Gasteiger partial charge in [0.1, 0.15) is 0 Å². The normalized spacial score (nSPS) is 28.7. The van der Waals surface area contributed by atoms with E-state index < -0.39 is 23.5 Å². The SMILES string of the molecule is CC(O)C1=CC(F)(F)C1(F)F. The third-order valence-electron chi connectivity index (χ3n) is 1.57. The molecule has 0 radical (unpaired) electrons. The fourth-order valence-corrected chi connectivity index (χ4v) is 0.874. The molecule has 64 valence electrons. The Kier molecular flexibility index (Phi) is 1.52. The molecule has 0 fully saturated rings. The molecule has 1 rings (SSSR count). The predicted octanol–water partition coefficient (Wildman–Crippen LogP) is 1.58. The standard InChI is InChI=1S/C6H6F4O/c1-3(11)4-2-5(7,8)6(4,9)10/h2-3,11H,1H3. The highest BCUT2D eigenvalue weighted by Gasteiger charge is 2.66. The van der Waals surface area contributed by atoms with Crippen LogP contribution in [0, 0.1) is 0 Å². The van der Waals surface area contributed by atoms with Crippen molar-refractivity contribution in [2.45, 2.75) is 24.9 Å². The molecule has 0 aliphatic heterocycles. The lowest BCUT2D eigenvalue weighted by Gasteiger charge is -2.36. The topological polar surface area (TPSA) is 20.2 Å². The Balaban J connectivity index is 2.92. The summed E-state index contributed by atoms with van der Waals surface area (Å²) < 4.78 is 48.5. The fourth-order valence-electron chi connectivity index (χ4n) is 0.874. The van der Waals surface area contributed by atoms with E-state index in [1.54, 1.807) is 0 Å². The van der Waals surface area contributed by atoms with Crippen LogP contribution in [0.4, 0.5) is 17.6 Å². The van der Waals surface area contributed by atoms with Crippen molar-refractivity contribution in [3.63, 3.8) is 0 Å². The molecule has 1 atom stereocenters. The van der Waals surface area contributed by atoms with Gasteiger partial charge in [-0.25, -0.2) is 0 Å². The predicted molar refractivity (Wildman–Crippen MR) is 29.7 cm³/mol. The molecule has 11 heavy (non-hydrogen) atoms. The van der Waals surface area contributed by atoms with Crippen LogP contribution in [0.2, 0.25) is 0 Å².